The van der Waals surface area contributed by atoms with Crippen LogP contribution in [0.15, 0.2) is 41.6 Å². The maximum atomic E-state index is 11.8. The van der Waals surface area contributed by atoms with Crippen molar-refractivity contribution in [2.24, 2.45) is 5.73 Å². The molecule has 0 saturated heterocycles. The molecule has 1 aromatic rings. The van der Waals surface area contributed by atoms with Gasteiger partial charge in [0, 0.05) is 17.8 Å². The average Bonchev–Trinajstić information content (AvgIpc) is 2.30. The number of thiocarbonyl (C=S) groups is 1. The topological polar surface area (TPSA) is 55.1 Å². The number of nitrogens with two attached hydrogens (primary N) is 1. The Morgan fingerprint density at radius 1 is 1.24 bits per heavy atom. The molecule has 1 aromatic carbocycles. The summed E-state index contributed by atoms with van der Waals surface area (Å²) in [5, 5.41) is 3.05. The van der Waals surface area contributed by atoms with Gasteiger partial charge < -0.3 is 11.1 Å². The number of nitrogens with one attached hydrogen (secondary N) is 1. The number of hydrogen-bond donors (Lipinski definition) is 2. The maximum Gasteiger partial charge on any atom is 0.167 e. The zero-order valence-electron chi connectivity index (χ0n) is 9.40. The van der Waals surface area contributed by atoms with E-state index in [4.69, 9.17) is 18.0 Å². The Morgan fingerprint density at radius 3 is 2.59 bits per heavy atom. The molecule has 0 aromatic heterocycles. The van der Waals surface area contributed by atoms with Gasteiger partial charge in [-0.25, -0.2) is 0 Å². The number of anilines is 1. The van der Waals surface area contributed by atoms with E-state index in [0.717, 1.165) is 18.5 Å². The largest absolute Gasteiger partial charge is 0.401 e. The molecular formula is C13H14N2OS. The number of rotatable bonds is 2. The second-order valence-electron chi connectivity index (χ2n) is 4.00. The molecule has 0 bridgehead atoms. The van der Waals surface area contributed by atoms with E-state index in [2.05, 4.69) is 5.32 Å². The molecule has 0 saturated carbocycles. The highest BCUT2D eigenvalue weighted by Gasteiger charge is 2.22. The lowest BCUT2D eigenvalue weighted by Gasteiger charge is -2.17. The van der Waals surface area contributed by atoms with Crippen LogP contribution in [0.5, 0.6) is 0 Å². The predicted molar refractivity (Wildman–Crippen MR) is 72.7 cm³/mol. The summed E-state index contributed by atoms with van der Waals surface area (Å²) in [6.45, 7) is 0. The number of allylic oxidation sites excluding steroid dienone is 1. The van der Waals surface area contributed by atoms with Gasteiger partial charge in [0.2, 0.25) is 0 Å². The third kappa shape index (κ3) is 2.71. The molecule has 88 valence electrons. The minimum absolute atomic E-state index is 0.0437. The van der Waals surface area contributed by atoms with Crippen LogP contribution in [0.1, 0.15) is 19.3 Å². The molecular weight excluding hydrogens is 232 g/mol. The SMILES string of the molecule is NC1=C(C(=S)Nc2ccccc2)C(=O)CCC1. The highest BCUT2D eigenvalue weighted by atomic mass is 32.1. The summed E-state index contributed by atoms with van der Waals surface area (Å²) in [6, 6.07) is 9.54. The van der Waals surface area contributed by atoms with Crippen LogP contribution in [0.3, 0.4) is 0 Å². The van der Waals surface area contributed by atoms with Crippen LogP contribution in [-0.2, 0) is 4.79 Å². The molecule has 1 aliphatic carbocycles. The first-order chi connectivity index (χ1) is 8.18. The van der Waals surface area contributed by atoms with E-state index >= 15 is 0 Å². The van der Waals surface area contributed by atoms with Crippen molar-refractivity contribution < 1.29 is 4.79 Å². The fourth-order valence-corrected chi connectivity index (χ4v) is 2.22. The lowest BCUT2D eigenvalue weighted by molar-refractivity contribution is -0.115. The van der Waals surface area contributed by atoms with E-state index in [1.807, 2.05) is 30.3 Å². The zero-order valence-corrected chi connectivity index (χ0v) is 10.2. The molecule has 3 nitrogen and oxygen atoms in total. The Labute approximate surface area is 106 Å². The molecule has 17 heavy (non-hydrogen) atoms. The molecule has 0 radical (unpaired) electrons. The summed E-state index contributed by atoms with van der Waals surface area (Å²) < 4.78 is 0. The Hall–Kier alpha value is -1.68. The zero-order chi connectivity index (χ0) is 12.3. The summed E-state index contributed by atoms with van der Waals surface area (Å²) in [7, 11) is 0. The Kier molecular flexibility index (Phi) is 3.54. The molecule has 4 heteroatoms. The fourth-order valence-electron chi connectivity index (χ4n) is 1.86. The Morgan fingerprint density at radius 2 is 1.94 bits per heavy atom. The monoisotopic (exact) mass is 246 g/mol. The van der Waals surface area contributed by atoms with Gasteiger partial charge >= 0.3 is 0 Å². The van der Waals surface area contributed by atoms with Gasteiger partial charge in [-0.15, -0.1) is 0 Å². The number of benzene rings is 1. The summed E-state index contributed by atoms with van der Waals surface area (Å²) in [5.41, 5.74) is 7.83. The van der Waals surface area contributed by atoms with E-state index < -0.39 is 0 Å². The van der Waals surface area contributed by atoms with Crippen molar-refractivity contribution in [2.75, 3.05) is 5.32 Å². The molecule has 2 rings (SSSR count). The van der Waals surface area contributed by atoms with Gasteiger partial charge in [-0.05, 0) is 25.0 Å². The fraction of sp³-hybridized carbons (Fsp3) is 0.231. The summed E-state index contributed by atoms with van der Waals surface area (Å²) in [5.74, 6) is 0.0437. The van der Waals surface area contributed by atoms with Crippen molar-refractivity contribution in [3.05, 3.63) is 41.6 Å². The molecule has 3 N–H and O–H groups in total. The standard InChI is InChI=1S/C13H14N2OS/c14-10-7-4-8-11(16)12(10)13(17)15-9-5-2-1-3-6-9/h1-3,5-6H,4,7-8,14H2,(H,15,17). The molecule has 0 aliphatic heterocycles. The summed E-state index contributed by atoms with van der Waals surface area (Å²) in [6.07, 6.45) is 2.10. The van der Waals surface area contributed by atoms with Crippen molar-refractivity contribution in [1.29, 1.82) is 0 Å². The number of hydrogen-bond acceptors (Lipinski definition) is 3. The summed E-state index contributed by atoms with van der Waals surface area (Å²) in [4.78, 5) is 12.2. The van der Waals surface area contributed by atoms with Crippen LogP contribution in [-0.4, -0.2) is 10.8 Å². The van der Waals surface area contributed by atoms with Crippen LogP contribution in [0, 0.1) is 0 Å². The first-order valence-electron chi connectivity index (χ1n) is 5.56. The number of para-hydroxylation sites is 1. The lowest BCUT2D eigenvalue weighted by Crippen LogP contribution is -2.26. The van der Waals surface area contributed by atoms with Crippen LogP contribution in [0.2, 0.25) is 0 Å². The van der Waals surface area contributed by atoms with Gasteiger partial charge in [0.1, 0.15) is 4.99 Å². The van der Waals surface area contributed by atoms with E-state index in [0.29, 0.717) is 22.7 Å². The van der Waals surface area contributed by atoms with Gasteiger partial charge in [0.25, 0.3) is 0 Å². The molecule has 1 aliphatic rings. The minimum Gasteiger partial charge on any atom is -0.401 e. The molecule has 0 heterocycles. The quantitative estimate of drug-likeness (QED) is 0.787. The van der Waals surface area contributed by atoms with Crippen molar-refractivity contribution in [1.82, 2.24) is 0 Å². The molecule has 0 fully saturated rings. The number of carbonyl (C=O) groups excluding carboxylic acids is 1. The number of Topliss-reactive ketones (excluding diaryl/α,β-unsaturated/α-hetero) is 1. The van der Waals surface area contributed by atoms with Crippen molar-refractivity contribution >= 4 is 28.7 Å². The smallest absolute Gasteiger partial charge is 0.167 e. The van der Waals surface area contributed by atoms with Gasteiger partial charge in [0.05, 0.1) is 5.57 Å². The van der Waals surface area contributed by atoms with Crippen LogP contribution in [0.25, 0.3) is 0 Å². The van der Waals surface area contributed by atoms with Gasteiger partial charge in [-0.3, -0.25) is 4.79 Å². The molecule has 0 amide bonds. The molecule has 0 atom stereocenters. The minimum atomic E-state index is 0.0437. The number of ketones is 1. The average molecular weight is 246 g/mol. The second-order valence-corrected chi connectivity index (χ2v) is 4.41. The Bertz CT molecular complexity index is 479. The third-order valence-corrected chi connectivity index (χ3v) is 3.01. The van der Waals surface area contributed by atoms with Crippen LogP contribution >= 0.6 is 12.2 Å². The van der Waals surface area contributed by atoms with Crippen molar-refractivity contribution in [3.63, 3.8) is 0 Å². The predicted octanol–water partition coefficient (Wildman–Crippen LogP) is 2.39. The van der Waals surface area contributed by atoms with Crippen molar-refractivity contribution in [2.45, 2.75) is 19.3 Å². The maximum absolute atomic E-state index is 11.8. The first kappa shape index (κ1) is 11.8. The van der Waals surface area contributed by atoms with Gasteiger partial charge in [-0.1, -0.05) is 30.4 Å². The molecule has 0 unspecified atom stereocenters. The molecule has 0 spiro atoms. The van der Waals surface area contributed by atoms with Crippen LogP contribution in [0.4, 0.5) is 5.69 Å². The van der Waals surface area contributed by atoms with E-state index in [1.165, 1.54) is 0 Å². The number of carbonyl (C=O) groups is 1. The third-order valence-electron chi connectivity index (χ3n) is 2.71. The van der Waals surface area contributed by atoms with E-state index in [9.17, 15) is 4.79 Å². The van der Waals surface area contributed by atoms with Crippen molar-refractivity contribution in [3.8, 4) is 0 Å². The normalized spacial score (nSPS) is 15.9. The van der Waals surface area contributed by atoms with Crippen LogP contribution < -0.4 is 11.1 Å². The van der Waals surface area contributed by atoms with Gasteiger partial charge in [-0.2, -0.15) is 0 Å². The highest BCUT2D eigenvalue weighted by molar-refractivity contribution is 7.81. The lowest BCUT2D eigenvalue weighted by atomic mass is 9.95. The first-order valence-corrected chi connectivity index (χ1v) is 5.97. The summed E-state index contributed by atoms with van der Waals surface area (Å²) >= 11 is 5.24. The van der Waals surface area contributed by atoms with E-state index in [1.54, 1.807) is 0 Å². The van der Waals surface area contributed by atoms with E-state index in [-0.39, 0.29) is 5.78 Å². The second kappa shape index (κ2) is 5.10. The Balaban J connectivity index is 2.18. The highest BCUT2D eigenvalue weighted by Crippen LogP contribution is 2.20. The van der Waals surface area contributed by atoms with Gasteiger partial charge in [0.15, 0.2) is 5.78 Å².